The molecule has 3 aromatic rings. The van der Waals surface area contributed by atoms with Crippen LogP contribution in [0.1, 0.15) is 37.4 Å². The molecule has 1 aromatic carbocycles. The number of nitrogens with one attached hydrogen (secondary N) is 1. The predicted molar refractivity (Wildman–Crippen MR) is 112 cm³/mol. The molecule has 8 heteroatoms. The highest BCUT2D eigenvalue weighted by molar-refractivity contribution is 7.99. The minimum Gasteiger partial charge on any atom is -0.467 e. The van der Waals surface area contributed by atoms with Crippen molar-refractivity contribution in [2.24, 2.45) is 0 Å². The topological polar surface area (TPSA) is 76.2 Å². The first-order valence-corrected chi connectivity index (χ1v) is 10.9. The Kier molecular flexibility index (Phi) is 6.31. The molecule has 0 aliphatic carbocycles. The lowest BCUT2D eigenvalue weighted by atomic mass is 10.2. The number of hydrogen-bond acceptors (Lipinski definition) is 6. The minimum absolute atomic E-state index is 0.0670. The number of para-hydroxylation sites is 1. The number of amides is 1. The van der Waals surface area contributed by atoms with E-state index in [1.54, 1.807) is 6.26 Å². The van der Waals surface area contributed by atoms with Crippen LogP contribution in [-0.2, 0) is 11.3 Å². The molecule has 1 N–H and O–H groups in total. The van der Waals surface area contributed by atoms with E-state index >= 15 is 0 Å². The van der Waals surface area contributed by atoms with Crippen LogP contribution < -0.4 is 5.32 Å². The molecule has 0 bridgehead atoms. The van der Waals surface area contributed by atoms with Crippen molar-refractivity contribution in [1.29, 1.82) is 0 Å². The van der Waals surface area contributed by atoms with E-state index < -0.39 is 0 Å². The zero-order valence-electron chi connectivity index (χ0n) is 16.5. The monoisotopic (exact) mass is 411 g/mol. The SMILES string of the molecule is CC(NC(=O)CSc1nnc(CN2CCCC2)n1-c1ccccc1)c1ccco1. The van der Waals surface area contributed by atoms with Gasteiger partial charge in [-0.2, -0.15) is 0 Å². The Hall–Kier alpha value is -2.58. The molecule has 2 aromatic heterocycles. The first kappa shape index (κ1) is 19.7. The van der Waals surface area contributed by atoms with Gasteiger partial charge in [-0.15, -0.1) is 10.2 Å². The molecule has 1 unspecified atom stereocenters. The highest BCUT2D eigenvalue weighted by Crippen LogP contribution is 2.24. The number of aromatic nitrogens is 3. The quantitative estimate of drug-likeness (QED) is 0.573. The van der Waals surface area contributed by atoms with Gasteiger partial charge in [0.2, 0.25) is 5.91 Å². The van der Waals surface area contributed by atoms with E-state index in [1.807, 2.05) is 49.4 Å². The largest absolute Gasteiger partial charge is 0.467 e. The lowest BCUT2D eigenvalue weighted by Crippen LogP contribution is -2.28. The van der Waals surface area contributed by atoms with E-state index in [-0.39, 0.29) is 17.7 Å². The van der Waals surface area contributed by atoms with E-state index in [9.17, 15) is 4.79 Å². The normalized spacial score (nSPS) is 15.5. The van der Waals surface area contributed by atoms with Gasteiger partial charge < -0.3 is 9.73 Å². The summed E-state index contributed by atoms with van der Waals surface area (Å²) in [6.07, 6.45) is 4.07. The van der Waals surface area contributed by atoms with Gasteiger partial charge in [0.05, 0.1) is 24.6 Å². The van der Waals surface area contributed by atoms with E-state index in [1.165, 1.54) is 24.6 Å². The predicted octanol–water partition coefficient (Wildman–Crippen LogP) is 3.43. The fourth-order valence-corrected chi connectivity index (χ4v) is 4.28. The molecule has 7 nitrogen and oxygen atoms in total. The fraction of sp³-hybridized carbons (Fsp3) is 0.381. The molecule has 0 radical (unpaired) electrons. The number of carbonyl (C=O) groups is 1. The van der Waals surface area contributed by atoms with Crippen LogP contribution in [0.5, 0.6) is 0 Å². The Balaban J connectivity index is 1.46. The number of likely N-dealkylation sites (tertiary alicyclic amines) is 1. The molecular weight excluding hydrogens is 386 g/mol. The Bertz CT molecular complexity index is 920. The van der Waals surface area contributed by atoms with Crippen LogP contribution in [0.4, 0.5) is 0 Å². The van der Waals surface area contributed by atoms with Crippen molar-refractivity contribution >= 4 is 17.7 Å². The molecule has 1 aliphatic rings. The summed E-state index contributed by atoms with van der Waals surface area (Å²) in [7, 11) is 0. The average Bonchev–Trinajstić information content (AvgIpc) is 3.50. The standard InChI is InChI=1S/C21H25N5O2S/c1-16(18-10-7-13-28-18)22-20(27)15-29-21-24-23-19(14-25-11-5-6-12-25)26(21)17-8-3-2-4-9-17/h2-4,7-10,13,16H,5-6,11-12,14-15H2,1H3,(H,22,27). The molecule has 1 saturated heterocycles. The fourth-order valence-electron chi connectivity index (χ4n) is 3.50. The van der Waals surface area contributed by atoms with Crippen LogP contribution in [0.3, 0.4) is 0 Å². The van der Waals surface area contributed by atoms with Crippen LogP contribution >= 0.6 is 11.8 Å². The van der Waals surface area contributed by atoms with Gasteiger partial charge in [-0.05, 0) is 57.1 Å². The van der Waals surface area contributed by atoms with Crippen molar-refractivity contribution < 1.29 is 9.21 Å². The van der Waals surface area contributed by atoms with Gasteiger partial charge in [0.25, 0.3) is 0 Å². The second-order valence-corrected chi connectivity index (χ2v) is 8.09. The van der Waals surface area contributed by atoms with Crippen LogP contribution in [0.15, 0.2) is 58.3 Å². The van der Waals surface area contributed by atoms with Gasteiger partial charge >= 0.3 is 0 Å². The summed E-state index contributed by atoms with van der Waals surface area (Å²) < 4.78 is 7.41. The Morgan fingerprint density at radius 2 is 1.97 bits per heavy atom. The smallest absolute Gasteiger partial charge is 0.231 e. The molecule has 1 fully saturated rings. The molecule has 29 heavy (non-hydrogen) atoms. The van der Waals surface area contributed by atoms with Gasteiger partial charge in [0, 0.05) is 5.69 Å². The lowest BCUT2D eigenvalue weighted by Gasteiger charge is -2.16. The molecular formula is C21H25N5O2S. The van der Waals surface area contributed by atoms with Crippen LogP contribution in [-0.4, -0.2) is 44.4 Å². The second kappa shape index (κ2) is 9.28. The Labute approximate surface area is 174 Å². The Morgan fingerprint density at radius 1 is 1.17 bits per heavy atom. The maximum absolute atomic E-state index is 12.4. The Morgan fingerprint density at radius 3 is 2.69 bits per heavy atom. The minimum atomic E-state index is -0.171. The third-order valence-corrected chi connectivity index (χ3v) is 5.89. The van der Waals surface area contributed by atoms with Crippen LogP contribution in [0.2, 0.25) is 0 Å². The van der Waals surface area contributed by atoms with E-state index in [0.717, 1.165) is 42.1 Å². The molecule has 0 spiro atoms. The lowest BCUT2D eigenvalue weighted by molar-refractivity contribution is -0.119. The number of hydrogen-bond donors (Lipinski definition) is 1. The van der Waals surface area contributed by atoms with Crippen molar-refractivity contribution in [3.8, 4) is 5.69 Å². The van der Waals surface area contributed by atoms with E-state index in [0.29, 0.717) is 0 Å². The summed E-state index contributed by atoms with van der Waals surface area (Å²) in [6, 6.07) is 13.6. The second-order valence-electron chi connectivity index (χ2n) is 7.15. The van der Waals surface area contributed by atoms with Crippen molar-refractivity contribution in [2.45, 2.75) is 37.5 Å². The number of nitrogens with zero attached hydrogens (tertiary/aromatic N) is 4. The number of carbonyl (C=O) groups excluding carboxylic acids is 1. The zero-order chi connectivity index (χ0) is 20.1. The molecule has 3 heterocycles. The van der Waals surface area contributed by atoms with Crippen LogP contribution in [0.25, 0.3) is 5.69 Å². The van der Waals surface area contributed by atoms with Gasteiger partial charge in [0.15, 0.2) is 11.0 Å². The maximum atomic E-state index is 12.4. The van der Waals surface area contributed by atoms with Gasteiger partial charge in [0.1, 0.15) is 5.76 Å². The van der Waals surface area contributed by atoms with Gasteiger partial charge in [-0.25, -0.2) is 0 Å². The van der Waals surface area contributed by atoms with Crippen molar-refractivity contribution in [2.75, 3.05) is 18.8 Å². The molecule has 152 valence electrons. The van der Waals surface area contributed by atoms with Gasteiger partial charge in [-0.3, -0.25) is 14.3 Å². The summed E-state index contributed by atoms with van der Waals surface area (Å²) >= 11 is 1.40. The van der Waals surface area contributed by atoms with Crippen LogP contribution in [0, 0.1) is 0 Å². The van der Waals surface area contributed by atoms with Crippen molar-refractivity contribution in [3.05, 3.63) is 60.3 Å². The zero-order valence-corrected chi connectivity index (χ0v) is 17.3. The van der Waals surface area contributed by atoms with Gasteiger partial charge in [-0.1, -0.05) is 30.0 Å². The molecule has 1 amide bonds. The highest BCUT2D eigenvalue weighted by Gasteiger charge is 2.20. The number of benzene rings is 1. The third-order valence-electron chi connectivity index (χ3n) is 4.96. The van der Waals surface area contributed by atoms with Crippen molar-refractivity contribution in [3.63, 3.8) is 0 Å². The van der Waals surface area contributed by atoms with E-state index in [4.69, 9.17) is 4.42 Å². The number of thioether (sulfide) groups is 1. The summed E-state index contributed by atoms with van der Waals surface area (Å²) in [5.41, 5.74) is 1.01. The third kappa shape index (κ3) is 4.89. The summed E-state index contributed by atoms with van der Waals surface area (Å²) in [5, 5.41) is 12.5. The summed E-state index contributed by atoms with van der Waals surface area (Å²) in [5.74, 6) is 1.84. The van der Waals surface area contributed by atoms with E-state index in [2.05, 4.69) is 25.0 Å². The molecule has 1 aliphatic heterocycles. The molecule has 0 saturated carbocycles. The maximum Gasteiger partial charge on any atom is 0.231 e. The first-order valence-electron chi connectivity index (χ1n) is 9.88. The number of furan rings is 1. The molecule has 4 rings (SSSR count). The average molecular weight is 412 g/mol. The van der Waals surface area contributed by atoms with Crippen molar-refractivity contribution in [1.82, 2.24) is 25.0 Å². The first-order chi connectivity index (χ1) is 14.2. The molecule has 1 atom stereocenters. The number of rotatable bonds is 8. The summed E-state index contributed by atoms with van der Waals surface area (Å²) in [6.45, 7) is 4.86. The highest BCUT2D eigenvalue weighted by atomic mass is 32.2. The summed E-state index contributed by atoms with van der Waals surface area (Å²) in [4.78, 5) is 14.8.